The summed E-state index contributed by atoms with van der Waals surface area (Å²) < 4.78 is 5.09. The number of aldehydes is 1. The van der Waals surface area contributed by atoms with Gasteiger partial charge >= 0.3 is 5.97 Å². The van der Waals surface area contributed by atoms with E-state index in [1.165, 1.54) is 7.11 Å². The Labute approximate surface area is 99.2 Å². The maximum Gasteiger partial charge on any atom is 0.307 e. The quantitative estimate of drug-likeness (QED) is 0.627. The molecule has 4 nitrogen and oxygen atoms in total. The molecule has 0 amide bonds. The molecule has 0 aliphatic carbocycles. The number of hydrogen-bond acceptors (Lipinski definition) is 3. The van der Waals surface area contributed by atoms with E-state index in [1.54, 1.807) is 18.2 Å². The maximum absolute atomic E-state index is 10.6. The highest BCUT2D eigenvalue weighted by Gasteiger charge is 2.07. The van der Waals surface area contributed by atoms with Gasteiger partial charge in [0.25, 0.3) is 0 Å². The molecule has 0 spiro atoms. The Morgan fingerprint density at radius 2 is 2.29 bits per heavy atom. The van der Waals surface area contributed by atoms with Gasteiger partial charge in [-0.25, -0.2) is 0 Å². The van der Waals surface area contributed by atoms with Crippen LogP contribution in [0.1, 0.15) is 17.5 Å². The van der Waals surface area contributed by atoms with E-state index in [2.05, 4.69) is 11.8 Å². The van der Waals surface area contributed by atoms with Gasteiger partial charge in [0, 0.05) is 11.1 Å². The first-order valence-electron chi connectivity index (χ1n) is 4.98. The lowest BCUT2D eigenvalue weighted by Gasteiger charge is -2.06. The third kappa shape index (κ3) is 3.99. The van der Waals surface area contributed by atoms with Crippen molar-refractivity contribution in [3.63, 3.8) is 0 Å². The number of carbonyl (C=O) groups excluding carboxylic acids is 1. The number of aliphatic carboxylic acids is 1. The van der Waals surface area contributed by atoms with Crippen LogP contribution in [0.3, 0.4) is 0 Å². The van der Waals surface area contributed by atoms with E-state index in [9.17, 15) is 9.59 Å². The predicted molar refractivity (Wildman–Crippen MR) is 61.9 cm³/mol. The van der Waals surface area contributed by atoms with Crippen LogP contribution < -0.4 is 4.74 Å². The van der Waals surface area contributed by atoms with Crippen LogP contribution in [0, 0.1) is 11.8 Å². The van der Waals surface area contributed by atoms with E-state index in [-0.39, 0.29) is 12.8 Å². The molecule has 0 fully saturated rings. The van der Waals surface area contributed by atoms with Crippen LogP contribution >= 0.6 is 0 Å². The molecule has 4 heteroatoms. The summed E-state index contributed by atoms with van der Waals surface area (Å²) >= 11 is 0. The number of rotatable bonds is 4. The Morgan fingerprint density at radius 1 is 1.53 bits per heavy atom. The molecule has 0 unspecified atom stereocenters. The van der Waals surface area contributed by atoms with Gasteiger partial charge in [-0.1, -0.05) is 17.9 Å². The second-order valence-electron chi connectivity index (χ2n) is 3.27. The van der Waals surface area contributed by atoms with Gasteiger partial charge in [-0.05, 0) is 12.1 Å². The van der Waals surface area contributed by atoms with Crippen LogP contribution in [0.5, 0.6) is 5.75 Å². The molecule has 0 saturated carbocycles. The molecule has 1 rings (SSSR count). The largest absolute Gasteiger partial charge is 0.496 e. The number of carbonyl (C=O) groups is 2. The smallest absolute Gasteiger partial charge is 0.307 e. The summed E-state index contributed by atoms with van der Waals surface area (Å²) in [6, 6.07) is 5.03. The minimum atomic E-state index is -0.914. The zero-order chi connectivity index (χ0) is 12.7. The number of carboxylic acids is 1. The summed E-state index contributed by atoms with van der Waals surface area (Å²) in [6.07, 6.45) is 0.813. The number of ether oxygens (including phenoxy) is 1. The van der Waals surface area contributed by atoms with Gasteiger partial charge in [-0.15, -0.1) is 0 Å². The maximum atomic E-state index is 10.6. The standard InChI is InChI=1S/C13H12O4/c1-17-12-8-10(4-2-3-7-14)5-6-11(12)9-13(15)16/h5-8H,3,9H2,1H3,(H,15,16). The summed E-state index contributed by atoms with van der Waals surface area (Å²) in [7, 11) is 1.48. The van der Waals surface area contributed by atoms with E-state index in [4.69, 9.17) is 9.84 Å². The molecule has 0 aliphatic rings. The monoisotopic (exact) mass is 232 g/mol. The zero-order valence-corrected chi connectivity index (χ0v) is 9.40. The van der Waals surface area contributed by atoms with Gasteiger partial charge in [0.2, 0.25) is 0 Å². The second kappa shape index (κ2) is 6.33. The third-order valence-corrected chi connectivity index (χ3v) is 2.05. The zero-order valence-electron chi connectivity index (χ0n) is 9.40. The second-order valence-corrected chi connectivity index (χ2v) is 3.27. The van der Waals surface area contributed by atoms with Crippen LogP contribution in [0.25, 0.3) is 0 Å². The molecular weight excluding hydrogens is 220 g/mol. The Bertz CT molecular complexity index is 480. The van der Waals surface area contributed by atoms with Crippen molar-refractivity contribution in [2.75, 3.05) is 7.11 Å². The fourth-order valence-corrected chi connectivity index (χ4v) is 1.33. The molecule has 1 aromatic carbocycles. The van der Waals surface area contributed by atoms with Gasteiger partial charge < -0.3 is 14.6 Å². The minimum Gasteiger partial charge on any atom is -0.496 e. The number of hydrogen-bond donors (Lipinski definition) is 1. The lowest BCUT2D eigenvalue weighted by molar-refractivity contribution is -0.136. The molecule has 17 heavy (non-hydrogen) atoms. The van der Waals surface area contributed by atoms with Crippen molar-refractivity contribution in [3.05, 3.63) is 29.3 Å². The van der Waals surface area contributed by atoms with Crippen LogP contribution in [-0.2, 0) is 16.0 Å². The lowest BCUT2D eigenvalue weighted by atomic mass is 10.1. The molecular formula is C13H12O4. The summed E-state index contributed by atoms with van der Waals surface area (Å²) in [4.78, 5) is 20.7. The number of methoxy groups -OCH3 is 1. The summed E-state index contributed by atoms with van der Waals surface area (Å²) in [5.41, 5.74) is 1.29. The molecule has 0 aromatic heterocycles. The number of benzene rings is 1. The van der Waals surface area contributed by atoms with Crippen LogP contribution in [-0.4, -0.2) is 24.5 Å². The topological polar surface area (TPSA) is 63.6 Å². The molecule has 88 valence electrons. The molecule has 0 aliphatic heterocycles. The van der Waals surface area contributed by atoms with E-state index < -0.39 is 5.97 Å². The van der Waals surface area contributed by atoms with Crippen molar-refractivity contribution in [1.82, 2.24) is 0 Å². The molecule has 0 radical (unpaired) electrons. The van der Waals surface area contributed by atoms with E-state index >= 15 is 0 Å². The van der Waals surface area contributed by atoms with Gasteiger partial charge in [-0.2, -0.15) is 0 Å². The SMILES string of the molecule is COc1cc(C#CCC=O)ccc1CC(=O)O. The van der Waals surface area contributed by atoms with Crippen LogP contribution in [0.4, 0.5) is 0 Å². The van der Waals surface area contributed by atoms with E-state index in [0.29, 0.717) is 16.9 Å². The Kier molecular flexibility index (Phi) is 4.77. The normalized spacial score (nSPS) is 9.00. The van der Waals surface area contributed by atoms with Crippen molar-refractivity contribution < 1.29 is 19.4 Å². The molecule has 1 N–H and O–H groups in total. The van der Waals surface area contributed by atoms with Crippen LogP contribution in [0.2, 0.25) is 0 Å². The average Bonchev–Trinajstić information content (AvgIpc) is 2.30. The Hall–Kier alpha value is -2.28. The fraction of sp³-hybridized carbons (Fsp3) is 0.231. The minimum absolute atomic E-state index is 0.0920. The fourth-order valence-electron chi connectivity index (χ4n) is 1.33. The lowest BCUT2D eigenvalue weighted by Crippen LogP contribution is -2.02. The highest BCUT2D eigenvalue weighted by Crippen LogP contribution is 2.20. The molecule has 0 bridgehead atoms. The van der Waals surface area contributed by atoms with Crippen molar-refractivity contribution in [3.8, 4) is 17.6 Å². The Balaban J connectivity index is 2.96. The molecule has 0 saturated heterocycles. The molecule has 0 atom stereocenters. The summed E-state index contributed by atoms with van der Waals surface area (Å²) in [5.74, 6) is 5.04. The van der Waals surface area contributed by atoms with E-state index in [0.717, 1.165) is 6.29 Å². The van der Waals surface area contributed by atoms with Crippen molar-refractivity contribution >= 4 is 12.3 Å². The van der Waals surface area contributed by atoms with Crippen molar-refractivity contribution in [2.24, 2.45) is 0 Å². The Morgan fingerprint density at radius 3 is 2.88 bits per heavy atom. The number of carboxylic acid groups (broad SMARTS) is 1. The van der Waals surface area contributed by atoms with Gasteiger partial charge in [0.1, 0.15) is 12.0 Å². The summed E-state index contributed by atoms with van der Waals surface area (Å²) in [5, 5.41) is 8.71. The van der Waals surface area contributed by atoms with E-state index in [1.807, 2.05) is 0 Å². The molecule has 1 aromatic rings. The van der Waals surface area contributed by atoms with Crippen molar-refractivity contribution in [2.45, 2.75) is 12.8 Å². The third-order valence-electron chi connectivity index (χ3n) is 2.05. The highest BCUT2D eigenvalue weighted by molar-refractivity contribution is 5.71. The van der Waals surface area contributed by atoms with Gasteiger partial charge in [-0.3, -0.25) is 4.79 Å². The highest BCUT2D eigenvalue weighted by atomic mass is 16.5. The first-order chi connectivity index (χ1) is 8.17. The first kappa shape index (κ1) is 12.8. The van der Waals surface area contributed by atoms with Gasteiger partial charge in [0.05, 0.1) is 20.0 Å². The van der Waals surface area contributed by atoms with Crippen molar-refractivity contribution in [1.29, 1.82) is 0 Å². The summed E-state index contributed by atoms with van der Waals surface area (Å²) in [6.45, 7) is 0. The predicted octanol–water partition coefficient (Wildman–Crippen LogP) is 1.26. The van der Waals surface area contributed by atoms with Crippen LogP contribution in [0.15, 0.2) is 18.2 Å². The first-order valence-corrected chi connectivity index (χ1v) is 4.98. The van der Waals surface area contributed by atoms with Gasteiger partial charge in [0.15, 0.2) is 0 Å². The average molecular weight is 232 g/mol. The molecule has 0 heterocycles.